The van der Waals surface area contributed by atoms with Crippen molar-refractivity contribution in [2.75, 3.05) is 19.8 Å². The van der Waals surface area contributed by atoms with Crippen molar-refractivity contribution >= 4 is 13.7 Å². The van der Waals surface area contributed by atoms with Gasteiger partial charge in [0.25, 0.3) is 0 Å². The van der Waals surface area contributed by atoms with Crippen LogP contribution in [-0.2, 0) is 18.4 Å². The van der Waals surface area contributed by atoms with Crippen LogP contribution in [0.25, 0.3) is 0 Å². The molecule has 0 aliphatic heterocycles. The zero-order chi connectivity index (χ0) is 41.2. The van der Waals surface area contributed by atoms with Crippen molar-refractivity contribution in [3.63, 3.8) is 0 Å². The summed E-state index contributed by atoms with van der Waals surface area (Å²) in [7, 11) is -4.41. The van der Waals surface area contributed by atoms with Crippen molar-refractivity contribution in [2.45, 2.75) is 231 Å². The molecule has 0 aliphatic rings. The van der Waals surface area contributed by atoms with E-state index in [1.165, 1.54) is 135 Å². The quantitative estimate of drug-likeness (QED) is 0.0232. The maximum absolute atomic E-state index is 12.8. The first-order valence-corrected chi connectivity index (χ1v) is 24.7. The third kappa shape index (κ3) is 39.5. The van der Waals surface area contributed by atoms with Crippen LogP contribution in [0.15, 0.2) is 36.5 Å². The molecule has 9 nitrogen and oxygen atoms in total. The minimum atomic E-state index is -4.41. The number of phosphoric acid groups is 1. The molecule has 6 N–H and O–H groups in total. The highest BCUT2D eigenvalue weighted by molar-refractivity contribution is 7.47. The van der Waals surface area contributed by atoms with E-state index >= 15 is 0 Å². The van der Waals surface area contributed by atoms with Crippen molar-refractivity contribution in [2.24, 2.45) is 5.73 Å². The second kappa shape index (κ2) is 41.8. The number of aliphatic hydroxyl groups excluding tert-OH is 2. The third-order valence-electron chi connectivity index (χ3n) is 10.2. The lowest BCUT2D eigenvalue weighted by Gasteiger charge is -2.24. The van der Waals surface area contributed by atoms with Crippen LogP contribution in [0.4, 0.5) is 0 Å². The average molecular weight is 813 g/mol. The van der Waals surface area contributed by atoms with Crippen LogP contribution in [0.2, 0.25) is 0 Å². The predicted octanol–water partition coefficient (Wildman–Crippen LogP) is 12.1. The van der Waals surface area contributed by atoms with Gasteiger partial charge in [-0.1, -0.05) is 185 Å². The lowest BCUT2D eigenvalue weighted by atomic mass is 10.0. The fourth-order valence-corrected chi connectivity index (χ4v) is 7.48. The summed E-state index contributed by atoms with van der Waals surface area (Å²) in [5, 5.41) is 24.0. The van der Waals surface area contributed by atoms with E-state index in [2.05, 4.69) is 43.5 Å². The number of amides is 1. The molecule has 10 heteroatoms. The second-order valence-corrected chi connectivity index (χ2v) is 17.2. The summed E-state index contributed by atoms with van der Waals surface area (Å²) in [5.41, 5.74) is 5.36. The van der Waals surface area contributed by atoms with E-state index in [4.69, 9.17) is 14.8 Å². The van der Waals surface area contributed by atoms with Crippen LogP contribution in [0.1, 0.15) is 213 Å². The van der Waals surface area contributed by atoms with Crippen LogP contribution >= 0.6 is 7.82 Å². The summed E-state index contributed by atoms with van der Waals surface area (Å²) in [4.78, 5) is 22.8. The molecule has 0 aromatic carbocycles. The monoisotopic (exact) mass is 813 g/mol. The first kappa shape index (κ1) is 54.7. The third-order valence-corrected chi connectivity index (χ3v) is 11.2. The van der Waals surface area contributed by atoms with Gasteiger partial charge in [-0.05, 0) is 57.8 Å². The molecule has 56 heavy (non-hydrogen) atoms. The van der Waals surface area contributed by atoms with Crippen LogP contribution < -0.4 is 11.1 Å². The average Bonchev–Trinajstić information content (AvgIpc) is 3.17. The molecule has 0 fully saturated rings. The van der Waals surface area contributed by atoms with Gasteiger partial charge in [-0.3, -0.25) is 13.8 Å². The fourth-order valence-electron chi connectivity index (χ4n) is 6.72. The van der Waals surface area contributed by atoms with E-state index in [0.717, 1.165) is 44.9 Å². The highest BCUT2D eigenvalue weighted by atomic mass is 31.2. The lowest BCUT2D eigenvalue weighted by molar-refractivity contribution is -0.124. The smallest absolute Gasteiger partial charge is 0.393 e. The Balaban J connectivity index is 4.35. The lowest BCUT2D eigenvalue weighted by Crippen LogP contribution is -2.46. The van der Waals surface area contributed by atoms with Crippen molar-refractivity contribution in [3.05, 3.63) is 36.5 Å². The molecule has 0 radical (unpaired) electrons. The van der Waals surface area contributed by atoms with Gasteiger partial charge < -0.3 is 26.2 Å². The van der Waals surface area contributed by atoms with E-state index in [1.807, 2.05) is 6.08 Å². The van der Waals surface area contributed by atoms with Gasteiger partial charge in [0.05, 0.1) is 37.9 Å². The number of unbranched alkanes of at least 4 members (excludes halogenated alkanes) is 25. The van der Waals surface area contributed by atoms with E-state index in [-0.39, 0.29) is 19.6 Å². The van der Waals surface area contributed by atoms with Gasteiger partial charge in [0.1, 0.15) is 0 Å². The maximum atomic E-state index is 12.8. The molecule has 0 aromatic heterocycles. The number of rotatable bonds is 43. The first-order valence-electron chi connectivity index (χ1n) is 23.2. The molecule has 0 aliphatic carbocycles. The SMILES string of the molecule is CCCCCCCCCCC/C=C\CCCCCC(O)CC(=O)NC(COP(=O)(O)OCCN)C(O)/C=C/CC/C=C/CCCCCCCCCCCCCC. The Bertz CT molecular complexity index is 993. The molecule has 330 valence electrons. The normalized spacial score (nSPS) is 14.9. The van der Waals surface area contributed by atoms with Gasteiger partial charge >= 0.3 is 7.82 Å². The first-order chi connectivity index (χ1) is 27.3. The van der Waals surface area contributed by atoms with Crippen LogP contribution in [0.3, 0.4) is 0 Å². The van der Waals surface area contributed by atoms with Crippen LogP contribution in [-0.4, -0.2) is 59.0 Å². The number of carbonyl (C=O) groups is 1. The molecule has 0 saturated heterocycles. The number of nitrogens with two attached hydrogens (primary N) is 1. The molecule has 0 spiro atoms. The van der Waals surface area contributed by atoms with E-state index < -0.39 is 38.6 Å². The van der Waals surface area contributed by atoms with Gasteiger partial charge in [0.2, 0.25) is 5.91 Å². The molecule has 0 saturated carbocycles. The van der Waals surface area contributed by atoms with Crippen LogP contribution in [0.5, 0.6) is 0 Å². The maximum Gasteiger partial charge on any atom is 0.472 e. The van der Waals surface area contributed by atoms with Gasteiger partial charge in [0.15, 0.2) is 0 Å². The van der Waals surface area contributed by atoms with E-state index in [9.17, 15) is 24.5 Å². The number of aliphatic hydroxyl groups is 2. The highest BCUT2D eigenvalue weighted by Crippen LogP contribution is 2.43. The van der Waals surface area contributed by atoms with E-state index in [1.54, 1.807) is 6.08 Å². The summed E-state index contributed by atoms with van der Waals surface area (Å²) in [5.74, 6) is -0.464. The molecule has 4 unspecified atom stereocenters. The molecular formula is C46H89N2O7P. The Hall–Kier alpha value is -1.32. The standard InChI is InChI=1S/C46H89N2O7P/c1-3-5-7-9-11-13-15-17-19-21-22-24-26-28-30-32-34-36-38-45(50)44(42-55-56(52,53)54-40-39-47)48-46(51)41-43(49)37-35-33-31-29-27-25-23-20-18-16-14-12-10-8-6-4-2/h25,27-28,30,36,38,43-45,49-50H,3-24,26,29,31-35,37,39-42,47H2,1-2H3,(H,48,51)(H,52,53)/b27-25-,30-28+,38-36+. The molecule has 0 rings (SSSR count). The molecule has 0 bridgehead atoms. The van der Waals surface area contributed by atoms with Gasteiger partial charge in [-0.15, -0.1) is 0 Å². The minimum Gasteiger partial charge on any atom is -0.393 e. The Morgan fingerprint density at radius 1 is 0.607 bits per heavy atom. The van der Waals surface area contributed by atoms with Crippen molar-refractivity contribution in [3.8, 4) is 0 Å². The Morgan fingerprint density at radius 2 is 1.02 bits per heavy atom. The molecule has 1 amide bonds. The summed E-state index contributed by atoms with van der Waals surface area (Å²) >= 11 is 0. The number of hydrogen-bond acceptors (Lipinski definition) is 7. The molecule has 0 aromatic rings. The van der Waals surface area contributed by atoms with Crippen molar-refractivity contribution < 1.29 is 33.5 Å². The molecular weight excluding hydrogens is 723 g/mol. The summed E-state index contributed by atoms with van der Waals surface area (Å²) in [6.07, 6.45) is 46.6. The fraction of sp³-hybridized carbons (Fsp3) is 0.848. The van der Waals surface area contributed by atoms with Crippen LogP contribution in [0, 0.1) is 0 Å². The highest BCUT2D eigenvalue weighted by Gasteiger charge is 2.27. The molecule has 4 atom stereocenters. The summed E-state index contributed by atoms with van der Waals surface area (Å²) in [6, 6.07) is -1.00. The van der Waals surface area contributed by atoms with Gasteiger partial charge in [-0.25, -0.2) is 4.57 Å². The summed E-state index contributed by atoms with van der Waals surface area (Å²) in [6.45, 7) is 3.95. The zero-order valence-electron chi connectivity index (χ0n) is 36.2. The minimum absolute atomic E-state index is 0.0429. The Labute approximate surface area is 344 Å². The number of hydrogen-bond donors (Lipinski definition) is 5. The topological polar surface area (TPSA) is 151 Å². The van der Waals surface area contributed by atoms with E-state index in [0.29, 0.717) is 12.8 Å². The van der Waals surface area contributed by atoms with Gasteiger partial charge in [-0.2, -0.15) is 0 Å². The second-order valence-electron chi connectivity index (χ2n) is 15.8. The Kier molecular flexibility index (Phi) is 40.8. The van der Waals surface area contributed by atoms with Crippen molar-refractivity contribution in [1.82, 2.24) is 5.32 Å². The van der Waals surface area contributed by atoms with Crippen molar-refractivity contribution in [1.29, 1.82) is 0 Å². The number of nitrogens with one attached hydrogen (secondary N) is 1. The number of allylic oxidation sites excluding steroid dienone is 5. The Morgan fingerprint density at radius 3 is 1.48 bits per heavy atom. The predicted molar refractivity (Wildman–Crippen MR) is 237 cm³/mol. The number of carbonyl (C=O) groups excluding carboxylic acids is 1. The largest absolute Gasteiger partial charge is 0.472 e. The summed E-state index contributed by atoms with van der Waals surface area (Å²) < 4.78 is 22.1. The van der Waals surface area contributed by atoms with Gasteiger partial charge in [0, 0.05) is 6.54 Å². The molecule has 0 heterocycles. The number of phosphoric ester groups is 1. The zero-order valence-corrected chi connectivity index (χ0v) is 37.1.